The summed E-state index contributed by atoms with van der Waals surface area (Å²) in [7, 11) is 0. The molecule has 0 saturated heterocycles. The molecule has 19 heavy (non-hydrogen) atoms. The summed E-state index contributed by atoms with van der Waals surface area (Å²) in [5.74, 6) is -0.832. The molecule has 3 N–H and O–H groups in total. The highest BCUT2D eigenvalue weighted by molar-refractivity contribution is 6.31. The van der Waals surface area contributed by atoms with Crippen molar-refractivity contribution in [1.82, 2.24) is 0 Å². The highest BCUT2D eigenvalue weighted by atomic mass is 35.5. The van der Waals surface area contributed by atoms with Gasteiger partial charge in [-0.25, -0.2) is 4.79 Å². The lowest BCUT2D eigenvalue weighted by Gasteiger charge is -2.08. The van der Waals surface area contributed by atoms with Gasteiger partial charge in [-0.1, -0.05) is 29.8 Å². The van der Waals surface area contributed by atoms with E-state index in [1.54, 1.807) is 24.3 Å². The molecule has 0 spiro atoms. The van der Waals surface area contributed by atoms with Crippen LogP contribution in [0.5, 0.6) is 5.75 Å². The lowest BCUT2D eigenvalue weighted by Crippen LogP contribution is -2.06. The monoisotopic (exact) mass is 277 g/mol. The minimum atomic E-state index is -0.627. The van der Waals surface area contributed by atoms with Crippen LogP contribution in [0, 0.1) is 0 Å². The van der Waals surface area contributed by atoms with Crippen molar-refractivity contribution in [3.8, 4) is 5.75 Å². The number of halogens is 1. The molecule has 0 heterocycles. The molecule has 2 aromatic rings. The second kappa shape index (κ2) is 5.63. The minimum absolute atomic E-state index is 0.0440. The highest BCUT2D eigenvalue weighted by Gasteiger charge is 2.13. The number of rotatable bonds is 3. The Morgan fingerprint density at radius 1 is 1.26 bits per heavy atom. The van der Waals surface area contributed by atoms with Gasteiger partial charge >= 0.3 is 5.97 Å². The maximum Gasteiger partial charge on any atom is 0.342 e. The van der Waals surface area contributed by atoms with Gasteiger partial charge < -0.3 is 15.6 Å². The molecule has 98 valence electrons. The fourth-order valence-electron chi connectivity index (χ4n) is 1.56. The predicted octanol–water partition coefficient (Wildman–Crippen LogP) is 2.98. The average molecular weight is 278 g/mol. The summed E-state index contributed by atoms with van der Waals surface area (Å²) in [4.78, 5) is 11.8. The predicted molar refractivity (Wildman–Crippen MR) is 73.1 cm³/mol. The van der Waals surface area contributed by atoms with Gasteiger partial charge in [0.05, 0.1) is 0 Å². The number of aromatic hydroxyl groups is 1. The second-order valence-corrected chi connectivity index (χ2v) is 4.35. The van der Waals surface area contributed by atoms with Crippen molar-refractivity contribution in [2.45, 2.75) is 6.61 Å². The summed E-state index contributed by atoms with van der Waals surface area (Å²) in [6, 6.07) is 11.3. The van der Waals surface area contributed by atoms with Gasteiger partial charge in [0, 0.05) is 22.3 Å². The first-order valence-corrected chi connectivity index (χ1v) is 5.95. The fraction of sp³-hybridized carbons (Fsp3) is 0.0714. The molecule has 0 aromatic heterocycles. The van der Waals surface area contributed by atoms with Crippen LogP contribution in [0.4, 0.5) is 5.69 Å². The Labute approximate surface area is 115 Å². The van der Waals surface area contributed by atoms with E-state index < -0.39 is 5.97 Å². The molecule has 0 fully saturated rings. The number of hydrogen-bond acceptors (Lipinski definition) is 4. The maximum atomic E-state index is 11.8. The topological polar surface area (TPSA) is 72.6 Å². The molecule has 0 aliphatic rings. The number of nitrogen functional groups attached to an aromatic ring is 1. The SMILES string of the molecule is Nc1ccc(C(=O)OCc2ccccc2Cl)c(O)c1. The van der Waals surface area contributed by atoms with Crippen molar-refractivity contribution in [2.75, 3.05) is 5.73 Å². The Balaban J connectivity index is 2.08. The van der Waals surface area contributed by atoms with E-state index in [-0.39, 0.29) is 17.9 Å². The molecular weight excluding hydrogens is 266 g/mol. The summed E-state index contributed by atoms with van der Waals surface area (Å²) in [5, 5.41) is 10.1. The van der Waals surface area contributed by atoms with Crippen LogP contribution in [0.1, 0.15) is 15.9 Å². The van der Waals surface area contributed by atoms with E-state index in [9.17, 15) is 9.90 Å². The standard InChI is InChI=1S/C14H12ClNO3/c15-12-4-2-1-3-9(12)8-19-14(18)11-6-5-10(16)7-13(11)17/h1-7,17H,8,16H2. The van der Waals surface area contributed by atoms with Crippen LogP contribution < -0.4 is 5.73 Å². The van der Waals surface area contributed by atoms with Crippen LogP contribution in [0.25, 0.3) is 0 Å². The first kappa shape index (κ1) is 13.2. The second-order valence-electron chi connectivity index (χ2n) is 3.94. The number of esters is 1. The van der Waals surface area contributed by atoms with Gasteiger partial charge in [-0.3, -0.25) is 0 Å². The van der Waals surface area contributed by atoms with Gasteiger partial charge in [-0.15, -0.1) is 0 Å². The molecule has 0 radical (unpaired) electrons. The minimum Gasteiger partial charge on any atom is -0.507 e. The zero-order valence-electron chi connectivity index (χ0n) is 9.97. The Kier molecular flexibility index (Phi) is 3.92. The third-order valence-electron chi connectivity index (χ3n) is 2.56. The van der Waals surface area contributed by atoms with Gasteiger partial charge in [0.1, 0.15) is 17.9 Å². The van der Waals surface area contributed by atoms with Crippen molar-refractivity contribution in [1.29, 1.82) is 0 Å². The zero-order chi connectivity index (χ0) is 13.8. The number of carbonyl (C=O) groups excluding carboxylic acids is 1. The van der Waals surface area contributed by atoms with Gasteiger partial charge in [0.2, 0.25) is 0 Å². The van der Waals surface area contributed by atoms with E-state index in [1.165, 1.54) is 18.2 Å². The molecule has 5 heteroatoms. The van der Waals surface area contributed by atoms with Crippen molar-refractivity contribution < 1.29 is 14.6 Å². The number of phenols is 1. The first-order chi connectivity index (χ1) is 9.08. The van der Waals surface area contributed by atoms with Crippen LogP contribution in [-0.2, 0) is 11.3 Å². The third kappa shape index (κ3) is 3.17. The van der Waals surface area contributed by atoms with Crippen LogP contribution in [0.3, 0.4) is 0 Å². The van der Waals surface area contributed by atoms with Crippen LogP contribution >= 0.6 is 11.6 Å². The normalized spacial score (nSPS) is 10.2. The molecule has 0 amide bonds. The molecule has 0 aliphatic carbocycles. The van der Waals surface area contributed by atoms with Gasteiger partial charge in [0.25, 0.3) is 0 Å². The van der Waals surface area contributed by atoms with Crippen molar-refractivity contribution in [3.05, 3.63) is 58.6 Å². The Bertz CT molecular complexity index is 613. The number of nitrogens with two attached hydrogens (primary N) is 1. The number of phenolic OH excluding ortho intramolecular Hbond substituents is 1. The molecular formula is C14H12ClNO3. The average Bonchev–Trinajstić information content (AvgIpc) is 2.37. The third-order valence-corrected chi connectivity index (χ3v) is 2.93. The molecule has 4 nitrogen and oxygen atoms in total. The Morgan fingerprint density at radius 3 is 2.68 bits per heavy atom. The molecule has 0 atom stereocenters. The zero-order valence-corrected chi connectivity index (χ0v) is 10.7. The summed E-state index contributed by atoms with van der Waals surface area (Å²) in [6.45, 7) is 0.0440. The molecule has 2 rings (SSSR count). The summed E-state index contributed by atoms with van der Waals surface area (Å²) in [6.07, 6.45) is 0. The number of benzene rings is 2. The number of carbonyl (C=O) groups is 1. The fourth-order valence-corrected chi connectivity index (χ4v) is 1.75. The number of hydrogen-bond donors (Lipinski definition) is 2. The summed E-state index contributed by atoms with van der Waals surface area (Å²) in [5.41, 5.74) is 6.63. The van der Waals surface area contributed by atoms with Crippen LogP contribution in [-0.4, -0.2) is 11.1 Å². The summed E-state index contributed by atoms with van der Waals surface area (Å²) < 4.78 is 5.09. The molecule has 0 unspecified atom stereocenters. The van der Waals surface area contributed by atoms with Gasteiger partial charge in [-0.05, 0) is 18.2 Å². The Hall–Kier alpha value is -2.20. The molecule has 0 aliphatic heterocycles. The van der Waals surface area contributed by atoms with Crippen LogP contribution in [0.15, 0.2) is 42.5 Å². The quantitative estimate of drug-likeness (QED) is 0.668. The van der Waals surface area contributed by atoms with E-state index in [4.69, 9.17) is 22.1 Å². The van der Waals surface area contributed by atoms with Crippen LogP contribution in [0.2, 0.25) is 5.02 Å². The van der Waals surface area contributed by atoms with Gasteiger partial charge in [0.15, 0.2) is 0 Å². The lowest BCUT2D eigenvalue weighted by molar-refractivity contribution is 0.0469. The number of ether oxygens (including phenoxy) is 1. The van der Waals surface area contributed by atoms with E-state index >= 15 is 0 Å². The van der Waals surface area contributed by atoms with E-state index in [1.807, 2.05) is 0 Å². The van der Waals surface area contributed by atoms with E-state index in [2.05, 4.69) is 0 Å². The maximum absolute atomic E-state index is 11.8. The lowest BCUT2D eigenvalue weighted by atomic mass is 10.2. The van der Waals surface area contributed by atoms with E-state index in [0.29, 0.717) is 16.3 Å². The van der Waals surface area contributed by atoms with Crippen molar-refractivity contribution >= 4 is 23.3 Å². The Morgan fingerprint density at radius 2 is 2.00 bits per heavy atom. The van der Waals surface area contributed by atoms with Gasteiger partial charge in [-0.2, -0.15) is 0 Å². The largest absolute Gasteiger partial charge is 0.507 e. The molecule has 0 bridgehead atoms. The molecule has 2 aromatic carbocycles. The van der Waals surface area contributed by atoms with Crippen molar-refractivity contribution in [3.63, 3.8) is 0 Å². The van der Waals surface area contributed by atoms with E-state index in [0.717, 1.165) is 0 Å². The highest BCUT2D eigenvalue weighted by Crippen LogP contribution is 2.22. The molecule has 0 saturated carbocycles. The first-order valence-electron chi connectivity index (χ1n) is 5.57. The summed E-state index contributed by atoms with van der Waals surface area (Å²) >= 11 is 5.95. The number of anilines is 1. The van der Waals surface area contributed by atoms with Crippen molar-refractivity contribution in [2.24, 2.45) is 0 Å². The smallest absolute Gasteiger partial charge is 0.342 e.